The third-order valence-electron chi connectivity index (χ3n) is 4.16. The van der Waals surface area contributed by atoms with Crippen molar-refractivity contribution in [1.82, 2.24) is 9.55 Å². The van der Waals surface area contributed by atoms with Crippen molar-refractivity contribution in [2.75, 3.05) is 6.61 Å². The molecule has 1 fully saturated rings. The summed E-state index contributed by atoms with van der Waals surface area (Å²) >= 11 is 1.68. The highest BCUT2D eigenvalue weighted by molar-refractivity contribution is 14.1. The highest BCUT2D eigenvalue weighted by atomic mass is 127. The molecule has 0 bridgehead atoms. The van der Waals surface area contributed by atoms with Gasteiger partial charge in [0, 0.05) is 33.9 Å². The second kappa shape index (κ2) is 10.7. The molecule has 0 aromatic carbocycles. The maximum Gasteiger partial charge on any atom is 0.330 e. The Bertz CT molecular complexity index is 1020. The Balaban J connectivity index is 2.65. The van der Waals surface area contributed by atoms with Gasteiger partial charge in [0.05, 0.1) is 3.57 Å². The van der Waals surface area contributed by atoms with Crippen molar-refractivity contribution in [3.8, 4) is 0 Å². The molecule has 1 saturated heterocycles. The summed E-state index contributed by atoms with van der Waals surface area (Å²) in [6.07, 6.45) is -5.75. The van der Waals surface area contributed by atoms with Crippen LogP contribution in [0.2, 0.25) is 0 Å². The maximum absolute atomic E-state index is 12.5. The van der Waals surface area contributed by atoms with Crippen molar-refractivity contribution in [3.05, 3.63) is 30.6 Å². The molecule has 0 radical (unpaired) electrons. The Kier molecular flexibility index (Phi) is 8.54. The summed E-state index contributed by atoms with van der Waals surface area (Å²) in [6.45, 7) is 3.95. The Hall–Kier alpha value is -2.75. The number of carbonyl (C=O) groups excluding carboxylic acids is 4. The first-order chi connectivity index (χ1) is 14.9. The van der Waals surface area contributed by atoms with Crippen LogP contribution in [0.1, 0.15) is 33.9 Å². The van der Waals surface area contributed by atoms with E-state index in [1.807, 2.05) is 0 Å². The first-order valence-corrected chi connectivity index (χ1v) is 10.3. The Morgan fingerprint density at radius 3 is 2.00 bits per heavy atom. The van der Waals surface area contributed by atoms with E-state index in [1.165, 1.54) is 0 Å². The number of hydrogen-bond donors (Lipinski definition) is 1. The Labute approximate surface area is 194 Å². The van der Waals surface area contributed by atoms with Crippen molar-refractivity contribution < 1.29 is 42.9 Å². The van der Waals surface area contributed by atoms with Crippen LogP contribution in [0.3, 0.4) is 0 Å². The zero-order valence-electron chi connectivity index (χ0n) is 17.5. The van der Waals surface area contributed by atoms with Gasteiger partial charge in [0.1, 0.15) is 12.7 Å². The van der Waals surface area contributed by atoms with Gasteiger partial charge in [-0.2, -0.15) is 0 Å². The summed E-state index contributed by atoms with van der Waals surface area (Å²) in [7, 11) is 0. The lowest BCUT2D eigenvalue weighted by Crippen LogP contribution is -2.61. The number of H-pyrrole nitrogens is 1. The number of nitrogens with one attached hydrogen (secondary N) is 1. The van der Waals surface area contributed by atoms with Crippen LogP contribution in [0.15, 0.2) is 15.8 Å². The van der Waals surface area contributed by atoms with Gasteiger partial charge in [-0.1, -0.05) is 0 Å². The number of aromatic amines is 1. The van der Waals surface area contributed by atoms with Gasteiger partial charge in [0.25, 0.3) is 5.56 Å². The lowest BCUT2D eigenvalue weighted by molar-refractivity contribution is -0.269. The average molecular weight is 568 g/mol. The minimum absolute atomic E-state index is 0.107. The van der Waals surface area contributed by atoms with Gasteiger partial charge < -0.3 is 23.7 Å². The van der Waals surface area contributed by atoms with Gasteiger partial charge in [-0.25, -0.2) is 4.79 Å². The quantitative estimate of drug-likeness (QED) is 0.264. The third kappa shape index (κ3) is 6.38. The minimum atomic E-state index is -1.46. The van der Waals surface area contributed by atoms with E-state index in [-0.39, 0.29) is 3.57 Å². The average Bonchev–Trinajstić information content (AvgIpc) is 2.65. The van der Waals surface area contributed by atoms with Crippen LogP contribution in [-0.2, 0) is 42.9 Å². The number of nitrogens with zero attached hydrogens (tertiary/aromatic N) is 1. The largest absolute Gasteiger partial charge is 0.463 e. The molecule has 0 spiro atoms. The second-order valence-corrected chi connectivity index (χ2v) is 7.90. The van der Waals surface area contributed by atoms with Crippen molar-refractivity contribution in [1.29, 1.82) is 0 Å². The van der Waals surface area contributed by atoms with Crippen molar-refractivity contribution in [3.63, 3.8) is 0 Å². The molecular weight excluding hydrogens is 547 g/mol. The highest BCUT2D eigenvalue weighted by Gasteiger charge is 2.53. The van der Waals surface area contributed by atoms with E-state index in [2.05, 4.69) is 4.98 Å². The molecule has 0 saturated carbocycles. The van der Waals surface area contributed by atoms with E-state index in [4.69, 9.17) is 23.7 Å². The summed E-state index contributed by atoms with van der Waals surface area (Å²) < 4.78 is 27.7. The Morgan fingerprint density at radius 2 is 1.47 bits per heavy atom. The first kappa shape index (κ1) is 25.5. The minimum Gasteiger partial charge on any atom is -0.463 e. The molecule has 0 unspecified atom stereocenters. The zero-order valence-corrected chi connectivity index (χ0v) is 19.6. The number of esters is 4. The summed E-state index contributed by atoms with van der Waals surface area (Å²) in [5.41, 5.74) is -1.56. The topological polar surface area (TPSA) is 169 Å². The molecule has 2 heterocycles. The van der Waals surface area contributed by atoms with Gasteiger partial charge in [-0.3, -0.25) is 33.5 Å². The van der Waals surface area contributed by atoms with Crippen LogP contribution in [0.5, 0.6) is 0 Å². The standard InChI is InChI=1S/C18H21IN2O11/c1-7(22)28-6-12-13(29-8(2)23)14(30-9(3)24)15(31-10(4)25)17(32-12)21-5-11(19)16(26)20-18(21)27/h5,12-15,17H,6H2,1-4H3,(H,20,26,27)/t12-,13+,14+,15+,17-/m1/s1. The molecule has 14 heteroatoms. The highest BCUT2D eigenvalue weighted by Crippen LogP contribution is 2.34. The molecule has 176 valence electrons. The molecule has 2 rings (SSSR count). The number of carbonyl (C=O) groups is 4. The van der Waals surface area contributed by atoms with Crippen LogP contribution in [0.25, 0.3) is 0 Å². The fourth-order valence-electron chi connectivity index (χ4n) is 3.08. The van der Waals surface area contributed by atoms with Crippen molar-refractivity contribution in [2.24, 2.45) is 0 Å². The van der Waals surface area contributed by atoms with Gasteiger partial charge >= 0.3 is 29.6 Å². The van der Waals surface area contributed by atoms with Crippen LogP contribution in [-0.4, -0.2) is 64.5 Å². The molecule has 0 amide bonds. The molecule has 1 aliphatic rings. The predicted octanol–water partition coefficient (Wildman–Crippen LogP) is -0.603. The monoisotopic (exact) mass is 568 g/mol. The van der Waals surface area contributed by atoms with E-state index >= 15 is 0 Å². The number of ether oxygens (including phenoxy) is 5. The van der Waals surface area contributed by atoms with Gasteiger partial charge in [-0.15, -0.1) is 0 Å². The fourth-order valence-corrected chi connectivity index (χ4v) is 3.51. The van der Waals surface area contributed by atoms with Crippen LogP contribution in [0, 0.1) is 3.57 Å². The van der Waals surface area contributed by atoms with E-state index in [9.17, 15) is 28.8 Å². The van der Waals surface area contributed by atoms with E-state index in [0.29, 0.717) is 0 Å². The SMILES string of the molecule is CC(=O)OC[C@H]1O[C@@H](n2cc(I)c(=O)[nH]c2=O)[C@@H](OC(C)=O)[C@@H](OC(C)=O)[C@H]1OC(C)=O. The van der Waals surface area contributed by atoms with Gasteiger partial charge in [0.15, 0.2) is 24.5 Å². The van der Waals surface area contributed by atoms with Crippen molar-refractivity contribution >= 4 is 46.5 Å². The second-order valence-electron chi connectivity index (χ2n) is 6.73. The molecular formula is C18H21IN2O11. The number of rotatable bonds is 6. The normalized spacial score (nSPS) is 24.8. The van der Waals surface area contributed by atoms with Crippen LogP contribution >= 0.6 is 22.6 Å². The number of hydrogen-bond acceptors (Lipinski definition) is 11. The van der Waals surface area contributed by atoms with Gasteiger partial charge in [0.2, 0.25) is 0 Å². The Morgan fingerprint density at radius 1 is 0.938 bits per heavy atom. The van der Waals surface area contributed by atoms with Crippen molar-refractivity contribution in [2.45, 2.75) is 58.3 Å². The number of halogens is 1. The molecule has 0 aliphatic carbocycles. The summed E-state index contributed by atoms with van der Waals surface area (Å²) in [4.78, 5) is 73.0. The van der Waals surface area contributed by atoms with E-state index in [1.54, 1.807) is 22.6 Å². The number of aromatic nitrogens is 2. The molecule has 13 nitrogen and oxygen atoms in total. The molecule has 1 aromatic rings. The molecule has 1 N–H and O–H groups in total. The fraction of sp³-hybridized carbons (Fsp3) is 0.556. The van der Waals surface area contributed by atoms with E-state index in [0.717, 1.165) is 38.5 Å². The summed E-state index contributed by atoms with van der Waals surface area (Å²) in [5.74, 6) is -3.07. The maximum atomic E-state index is 12.5. The summed E-state index contributed by atoms with van der Waals surface area (Å²) in [5, 5.41) is 0. The van der Waals surface area contributed by atoms with Crippen LogP contribution < -0.4 is 11.2 Å². The van der Waals surface area contributed by atoms with Gasteiger partial charge in [-0.05, 0) is 22.6 Å². The lowest BCUT2D eigenvalue weighted by Gasteiger charge is -2.44. The molecule has 1 aromatic heterocycles. The smallest absolute Gasteiger partial charge is 0.330 e. The first-order valence-electron chi connectivity index (χ1n) is 9.22. The van der Waals surface area contributed by atoms with E-state index < -0.39 is 72.4 Å². The molecule has 1 aliphatic heterocycles. The predicted molar refractivity (Wildman–Crippen MR) is 111 cm³/mol. The molecule has 5 atom stereocenters. The van der Waals surface area contributed by atoms with Crippen LogP contribution in [0.4, 0.5) is 0 Å². The lowest BCUT2D eigenvalue weighted by atomic mass is 9.97. The zero-order chi connectivity index (χ0) is 24.2. The molecule has 32 heavy (non-hydrogen) atoms. The third-order valence-corrected chi connectivity index (χ3v) is 4.93. The summed E-state index contributed by atoms with van der Waals surface area (Å²) in [6, 6.07) is 0.